The number of hydrogen-bond acceptors (Lipinski definition) is 3. The third-order valence-electron chi connectivity index (χ3n) is 3.94. The lowest BCUT2D eigenvalue weighted by Crippen LogP contribution is -2.26. The predicted molar refractivity (Wildman–Crippen MR) is 88.5 cm³/mol. The molecule has 2 atom stereocenters. The third kappa shape index (κ3) is 3.56. The summed E-state index contributed by atoms with van der Waals surface area (Å²) in [5.74, 6) is 0.493. The summed E-state index contributed by atoms with van der Waals surface area (Å²) in [6.07, 6.45) is 0. The lowest BCUT2D eigenvalue weighted by molar-refractivity contribution is 0.493. The van der Waals surface area contributed by atoms with Crippen molar-refractivity contribution in [3.8, 4) is 0 Å². The van der Waals surface area contributed by atoms with Gasteiger partial charge in [0.2, 0.25) is 0 Å². The van der Waals surface area contributed by atoms with Gasteiger partial charge in [-0.2, -0.15) is 0 Å². The summed E-state index contributed by atoms with van der Waals surface area (Å²) in [5, 5.41) is 4.30. The molecule has 1 saturated heterocycles. The fraction of sp³-hybridized carbons (Fsp3) is 0.294. The normalized spacial score (nSPS) is 21.4. The van der Waals surface area contributed by atoms with Crippen LogP contribution in [-0.4, -0.2) is 13.1 Å². The summed E-state index contributed by atoms with van der Waals surface area (Å²) in [4.78, 5) is 0. The highest BCUT2D eigenvalue weighted by Gasteiger charge is 2.27. The molecule has 1 heterocycles. The third-order valence-corrected chi connectivity index (χ3v) is 4.19. The van der Waals surface area contributed by atoms with E-state index in [1.54, 1.807) is 0 Å². The molecule has 4 heteroatoms. The molecule has 2 unspecified atom stereocenters. The summed E-state index contributed by atoms with van der Waals surface area (Å²) < 4.78 is 0. The van der Waals surface area contributed by atoms with Crippen molar-refractivity contribution in [2.75, 3.05) is 18.4 Å². The van der Waals surface area contributed by atoms with E-state index >= 15 is 0 Å². The highest BCUT2D eigenvalue weighted by atomic mass is 35.5. The average molecular weight is 302 g/mol. The number of benzene rings is 2. The highest BCUT2D eigenvalue weighted by Crippen LogP contribution is 2.26. The van der Waals surface area contributed by atoms with Gasteiger partial charge in [-0.1, -0.05) is 41.4 Å². The minimum absolute atomic E-state index is 0.306. The quantitative estimate of drug-likeness (QED) is 0.808. The van der Waals surface area contributed by atoms with E-state index in [1.165, 1.54) is 16.8 Å². The second-order valence-corrected chi connectivity index (χ2v) is 6.00. The molecule has 3 rings (SSSR count). The minimum atomic E-state index is 0.306. The first kappa shape index (κ1) is 14.4. The Hall–Kier alpha value is -1.55. The monoisotopic (exact) mass is 301 g/mol. The van der Waals surface area contributed by atoms with Crippen LogP contribution in [-0.2, 0) is 0 Å². The van der Waals surface area contributed by atoms with Crippen LogP contribution in [0, 0.1) is 12.8 Å². The zero-order valence-electron chi connectivity index (χ0n) is 12.1. The van der Waals surface area contributed by atoms with Crippen molar-refractivity contribution in [1.82, 2.24) is 10.9 Å². The van der Waals surface area contributed by atoms with Crippen molar-refractivity contribution >= 4 is 17.3 Å². The van der Waals surface area contributed by atoms with Crippen LogP contribution in [0.25, 0.3) is 0 Å². The van der Waals surface area contributed by atoms with E-state index in [1.807, 2.05) is 12.1 Å². The number of rotatable bonds is 4. The topological polar surface area (TPSA) is 36.1 Å². The van der Waals surface area contributed by atoms with Gasteiger partial charge in [-0.25, -0.2) is 5.43 Å². The SMILES string of the molecule is Cc1ccc(NCC2CNNC2c2ccc(Cl)cc2)cc1. The average Bonchev–Trinajstić information content (AvgIpc) is 2.96. The van der Waals surface area contributed by atoms with Crippen LogP contribution in [0.3, 0.4) is 0 Å². The van der Waals surface area contributed by atoms with Gasteiger partial charge >= 0.3 is 0 Å². The molecule has 3 N–H and O–H groups in total. The molecule has 2 aromatic carbocycles. The molecule has 0 saturated carbocycles. The second kappa shape index (κ2) is 6.48. The molecule has 1 fully saturated rings. The number of anilines is 1. The molecule has 0 aliphatic carbocycles. The molecular weight excluding hydrogens is 282 g/mol. The number of hydrazine groups is 1. The van der Waals surface area contributed by atoms with E-state index in [2.05, 4.69) is 59.5 Å². The number of aryl methyl sites for hydroxylation is 1. The summed E-state index contributed by atoms with van der Waals surface area (Å²) in [7, 11) is 0. The van der Waals surface area contributed by atoms with Gasteiger partial charge in [0.15, 0.2) is 0 Å². The van der Waals surface area contributed by atoms with Crippen LogP contribution < -0.4 is 16.2 Å². The van der Waals surface area contributed by atoms with Crippen LogP contribution in [0.2, 0.25) is 5.02 Å². The Morgan fingerprint density at radius 1 is 1.10 bits per heavy atom. The van der Waals surface area contributed by atoms with Gasteiger partial charge in [0.25, 0.3) is 0 Å². The summed E-state index contributed by atoms with van der Waals surface area (Å²) >= 11 is 5.96. The van der Waals surface area contributed by atoms with Gasteiger partial charge in [-0.05, 0) is 36.8 Å². The molecule has 3 nitrogen and oxygen atoms in total. The van der Waals surface area contributed by atoms with Crippen LogP contribution >= 0.6 is 11.6 Å². The second-order valence-electron chi connectivity index (χ2n) is 5.56. The van der Waals surface area contributed by atoms with Crippen LogP contribution in [0.15, 0.2) is 48.5 Å². The van der Waals surface area contributed by atoms with Crippen molar-refractivity contribution in [2.45, 2.75) is 13.0 Å². The van der Waals surface area contributed by atoms with Crippen molar-refractivity contribution in [3.05, 3.63) is 64.7 Å². The van der Waals surface area contributed by atoms with Gasteiger partial charge < -0.3 is 5.32 Å². The molecular formula is C17H20ClN3. The molecule has 0 radical (unpaired) electrons. The molecule has 1 aliphatic rings. The molecule has 0 aromatic heterocycles. The first-order valence-corrected chi connectivity index (χ1v) is 7.64. The first-order chi connectivity index (χ1) is 10.2. The van der Waals surface area contributed by atoms with E-state index in [0.29, 0.717) is 12.0 Å². The van der Waals surface area contributed by atoms with Gasteiger partial charge in [0.05, 0.1) is 6.04 Å². The smallest absolute Gasteiger partial charge is 0.0520 e. The Morgan fingerprint density at radius 3 is 2.52 bits per heavy atom. The Balaban J connectivity index is 1.64. The lowest BCUT2D eigenvalue weighted by atomic mass is 9.95. The largest absolute Gasteiger partial charge is 0.385 e. The summed E-state index contributed by atoms with van der Waals surface area (Å²) in [6, 6.07) is 16.9. The zero-order valence-corrected chi connectivity index (χ0v) is 12.8. The maximum atomic E-state index is 5.96. The number of halogens is 1. The van der Waals surface area contributed by atoms with E-state index in [-0.39, 0.29) is 0 Å². The Morgan fingerprint density at radius 2 is 1.81 bits per heavy atom. The van der Waals surface area contributed by atoms with E-state index in [0.717, 1.165) is 18.1 Å². The molecule has 0 amide bonds. The fourth-order valence-corrected chi connectivity index (χ4v) is 2.80. The molecule has 110 valence electrons. The maximum Gasteiger partial charge on any atom is 0.0520 e. The molecule has 0 bridgehead atoms. The van der Waals surface area contributed by atoms with Crippen LogP contribution in [0.4, 0.5) is 5.69 Å². The van der Waals surface area contributed by atoms with Gasteiger partial charge in [0.1, 0.15) is 0 Å². The predicted octanol–water partition coefficient (Wildman–Crippen LogP) is 3.53. The number of nitrogens with one attached hydrogen (secondary N) is 3. The Bertz CT molecular complexity index is 580. The van der Waals surface area contributed by atoms with Gasteiger partial charge in [0, 0.05) is 29.7 Å². The van der Waals surface area contributed by atoms with Crippen LogP contribution in [0.5, 0.6) is 0 Å². The van der Waals surface area contributed by atoms with Gasteiger partial charge in [-0.3, -0.25) is 5.43 Å². The first-order valence-electron chi connectivity index (χ1n) is 7.27. The lowest BCUT2D eigenvalue weighted by Gasteiger charge is -2.20. The van der Waals surface area contributed by atoms with Crippen molar-refractivity contribution in [1.29, 1.82) is 0 Å². The standard InChI is InChI=1S/C17H20ClN3/c1-12-2-8-16(9-3-12)19-10-14-11-20-21-17(14)13-4-6-15(18)7-5-13/h2-9,14,17,19-21H,10-11H2,1H3. The van der Waals surface area contributed by atoms with Crippen molar-refractivity contribution in [3.63, 3.8) is 0 Å². The fourth-order valence-electron chi connectivity index (χ4n) is 2.67. The van der Waals surface area contributed by atoms with E-state index in [9.17, 15) is 0 Å². The molecule has 21 heavy (non-hydrogen) atoms. The van der Waals surface area contributed by atoms with E-state index in [4.69, 9.17) is 11.6 Å². The maximum absolute atomic E-state index is 5.96. The van der Waals surface area contributed by atoms with Crippen molar-refractivity contribution < 1.29 is 0 Å². The summed E-state index contributed by atoms with van der Waals surface area (Å²) in [6.45, 7) is 3.98. The Labute approximate surface area is 130 Å². The highest BCUT2D eigenvalue weighted by molar-refractivity contribution is 6.30. The van der Waals surface area contributed by atoms with Crippen molar-refractivity contribution in [2.24, 2.45) is 5.92 Å². The zero-order chi connectivity index (χ0) is 14.7. The molecule has 2 aromatic rings. The molecule has 0 spiro atoms. The summed E-state index contributed by atoms with van der Waals surface area (Å²) in [5.41, 5.74) is 10.3. The van der Waals surface area contributed by atoms with E-state index < -0.39 is 0 Å². The molecule has 1 aliphatic heterocycles. The number of hydrogen-bond donors (Lipinski definition) is 3. The van der Waals surface area contributed by atoms with Gasteiger partial charge in [-0.15, -0.1) is 0 Å². The Kier molecular flexibility index (Phi) is 4.44. The van der Waals surface area contributed by atoms with Crippen LogP contribution in [0.1, 0.15) is 17.2 Å². The minimum Gasteiger partial charge on any atom is -0.385 e.